The fraction of sp³-hybridized carbons (Fsp3) is 0. The maximum atomic E-state index is 8.77. The van der Waals surface area contributed by atoms with E-state index in [1.165, 1.54) is 0 Å². The van der Waals surface area contributed by atoms with Crippen LogP contribution in [0.4, 0.5) is 0 Å². The molecule has 0 heterocycles. The van der Waals surface area contributed by atoms with Crippen molar-refractivity contribution in [1.82, 2.24) is 0 Å². The molecule has 0 aromatic heterocycles. The second kappa shape index (κ2) is 8.84. The zero-order valence-electron chi connectivity index (χ0n) is 4.27. The van der Waals surface area contributed by atoms with Gasteiger partial charge in [-0.3, -0.25) is 4.57 Å². The number of hydrogen-bond acceptors (Lipinski definition) is 2. The molecule has 0 spiro atoms. The third kappa shape index (κ3) is 109. The minimum absolute atomic E-state index is 0. The molecular formula is H2MgNaO5P. The maximum absolute atomic E-state index is 8.77. The van der Waals surface area contributed by atoms with E-state index in [4.69, 9.17) is 19.2 Å². The van der Waals surface area contributed by atoms with Crippen LogP contribution in [0.1, 0.15) is 0 Å². The third-order valence-corrected chi connectivity index (χ3v) is 0. The van der Waals surface area contributed by atoms with Crippen molar-refractivity contribution in [2.24, 2.45) is 0 Å². The molecule has 0 saturated carbocycles. The van der Waals surface area contributed by atoms with Gasteiger partial charge in [-0.2, -0.15) is 0 Å². The molecule has 0 aliphatic rings. The zero-order chi connectivity index (χ0) is 4.50. The summed E-state index contributed by atoms with van der Waals surface area (Å²) < 4.78 is 8.77. The molecule has 0 aromatic rings. The van der Waals surface area contributed by atoms with Gasteiger partial charge in [-0.15, -0.1) is 0 Å². The molecular weight excluding hydrogens is 158 g/mol. The first-order chi connectivity index (χ1) is 2.00. The van der Waals surface area contributed by atoms with Crippen LogP contribution in [0.3, 0.4) is 0 Å². The van der Waals surface area contributed by atoms with Crippen LogP contribution in [0.2, 0.25) is 0 Å². The average Bonchev–Trinajstić information content (AvgIpc) is 0.722. The van der Waals surface area contributed by atoms with Crippen LogP contribution in [-0.4, -0.2) is 32.8 Å². The monoisotopic (exact) mass is 160 g/mol. The summed E-state index contributed by atoms with van der Waals surface area (Å²) in [6.07, 6.45) is 0. The Morgan fingerprint density at radius 3 is 1.38 bits per heavy atom. The third-order valence-electron chi connectivity index (χ3n) is 0. The van der Waals surface area contributed by atoms with Crippen LogP contribution in [0.15, 0.2) is 0 Å². The molecule has 0 aromatic carbocycles. The smallest absolute Gasteiger partial charge is 2.00 e. The fourth-order valence-corrected chi connectivity index (χ4v) is 0. The molecule has 8 heteroatoms. The van der Waals surface area contributed by atoms with Crippen LogP contribution in [-0.2, 0) is 10.0 Å². The summed E-state index contributed by atoms with van der Waals surface area (Å²) in [6, 6.07) is 0. The van der Waals surface area contributed by atoms with Crippen molar-refractivity contribution in [3.63, 3.8) is 0 Å². The predicted molar refractivity (Wildman–Crippen MR) is 18.5 cm³/mol. The van der Waals surface area contributed by atoms with Crippen LogP contribution in [0.25, 0.3) is 0 Å². The topological polar surface area (TPSA) is 109 Å². The van der Waals surface area contributed by atoms with Crippen LogP contribution < -0.4 is 34.5 Å². The Morgan fingerprint density at radius 1 is 1.38 bits per heavy atom. The SMILES string of the molecule is O=P([O-])(O)O.[Mg+2].[Na+].[O-2]. The van der Waals surface area contributed by atoms with Crippen molar-refractivity contribution in [1.29, 1.82) is 0 Å². The van der Waals surface area contributed by atoms with E-state index in [1.54, 1.807) is 0 Å². The maximum Gasteiger partial charge on any atom is 2.00 e. The van der Waals surface area contributed by atoms with E-state index in [-0.39, 0.29) is 58.1 Å². The summed E-state index contributed by atoms with van der Waals surface area (Å²) in [5, 5.41) is 0. The number of phosphoric acid groups is 1. The molecule has 40 valence electrons. The van der Waals surface area contributed by atoms with E-state index in [0.29, 0.717) is 0 Å². The van der Waals surface area contributed by atoms with Crippen molar-refractivity contribution in [2.45, 2.75) is 0 Å². The van der Waals surface area contributed by atoms with E-state index >= 15 is 0 Å². The van der Waals surface area contributed by atoms with E-state index in [0.717, 1.165) is 0 Å². The zero-order valence-corrected chi connectivity index (χ0v) is 8.58. The van der Waals surface area contributed by atoms with Gasteiger partial charge in [0.15, 0.2) is 0 Å². The molecule has 5 nitrogen and oxygen atoms in total. The fourth-order valence-electron chi connectivity index (χ4n) is 0. The van der Waals surface area contributed by atoms with Crippen LogP contribution >= 0.6 is 7.82 Å². The van der Waals surface area contributed by atoms with Gasteiger partial charge in [-0.25, -0.2) is 0 Å². The van der Waals surface area contributed by atoms with Gasteiger partial charge in [0, 0.05) is 0 Å². The Labute approximate surface area is 84.5 Å². The van der Waals surface area contributed by atoms with E-state index in [1.807, 2.05) is 0 Å². The van der Waals surface area contributed by atoms with E-state index in [9.17, 15) is 0 Å². The Bertz CT molecular complexity index is 58.6. The van der Waals surface area contributed by atoms with Crippen molar-refractivity contribution in [3.05, 3.63) is 0 Å². The summed E-state index contributed by atoms with van der Waals surface area (Å²) in [7, 11) is -4.89. The first-order valence-corrected chi connectivity index (χ1v) is 2.30. The van der Waals surface area contributed by atoms with Gasteiger partial charge >= 0.3 is 52.6 Å². The first-order valence-electron chi connectivity index (χ1n) is 0.765. The Balaban J connectivity index is -0.0000000267. The van der Waals surface area contributed by atoms with Crippen molar-refractivity contribution in [2.75, 3.05) is 0 Å². The molecule has 0 aliphatic carbocycles. The summed E-state index contributed by atoms with van der Waals surface area (Å²) in [4.78, 5) is 22.9. The molecule has 0 bridgehead atoms. The van der Waals surface area contributed by atoms with Gasteiger partial charge in [0.2, 0.25) is 0 Å². The molecule has 0 radical (unpaired) electrons. The molecule has 0 saturated heterocycles. The van der Waals surface area contributed by atoms with Crippen molar-refractivity contribution in [3.8, 4) is 0 Å². The summed E-state index contributed by atoms with van der Waals surface area (Å²) >= 11 is 0. The van der Waals surface area contributed by atoms with Gasteiger partial charge in [0.1, 0.15) is 0 Å². The minimum atomic E-state index is -4.89. The standard InChI is InChI=1S/Mg.Na.H3O4P.O/c;;1-5(2,3)4;/h;;(H3,1,2,3,4);/q+2;+1;;-2/p-1. The molecule has 0 aliphatic heterocycles. The summed E-state index contributed by atoms with van der Waals surface area (Å²) in [5.41, 5.74) is 0. The molecule has 0 amide bonds. The van der Waals surface area contributed by atoms with Gasteiger partial charge < -0.3 is 20.2 Å². The minimum Gasteiger partial charge on any atom is -2.00 e. The predicted octanol–water partition coefficient (Wildman–Crippen LogP) is -5.06. The largest absolute Gasteiger partial charge is 2.00 e. The van der Waals surface area contributed by atoms with Crippen molar-refractivity contribution >= 4 is 30.9 Å². The van der Waals surface area contributed by atoms with Gasteiger partial charge in [0.05, 0.1) is 0 Å². The average molecular weight is 160 g/mol. The molecule has 8 heavy (non-hydrogen) atoms. The van der Waals surface area contributed by atoms with Gasteiger partial charge in [-0.1, -0.05) is 0 Å². The van der Waals surface area contributed by atoms with Crippen LogP contribution in [0, 0.1) is 0 Å². The first kappa shape index (κ1) is 22.5. The second-order valence-electron chi connectivity index (χ2n) is 0.491. The second-order valence-corrected chi connectivity index (χ2v) is 1.47. The van der Waals surface area contributed by atoms with Gasteiger partial charge in [0.25, 0.3) is 7.82 Å². The normalized spacial score (nSPS) is 7.38. The summed E-state index contributed by atoms with van der Waals surface area (Å²) in [5.74, 6) is 0. The molecule has 0 rings (SSSR count). The Morgan fingerprint density at radius 2 is 1.38 bits per heavy atom. The summed E-state index contributed by atoms with van der Waals surface area (Å²) in [6.45, 7) is 0. The van der Waals surface area contributed by atoms with Crippen LogP contribution in [0.5, 0.6) is 0 Å². The number of hydrogen-bond donors (Lipinski definition) is 2. The molecule has 2 N–H and O–H groups in total. The van der Waals surface area contributed by atoms with E-state index in [2.05, 4.69) is 0 Å². The molecule has 0 atom stereocenters. The molecule has 0 unspecified atom stereocenters. The Hall–Kier alpha value is 1.84. The Kier molecular flexibility index (Phi) is 24.9. The quantitative estimate of drug-likeness (QED) is 0.273. The number of rotatable bonds is 0. The van der Waals surface area contributed by atoms with Gasteiger partial charge in [-0.05, 0) is 0 Å². The van der Waals surface area contributed by atoms with Crippen molar-refractivity contribution < 1.29 is 54.3 Å². The van der Waals surface area contributed by atoms with E-state index < -0.39 is 7.82 Å². The molecule has 0 fully saturated rings.